The summed E-state index contributed by atoms with van der Waals surface area (Å²) in [4.78, 5) is 11.8. The molecule has 4 heteroatoms. The molecule has 4 nitrogen and oxygen atoms in total. The Bertz CT molecular complexity index is 487. The van der Waals surface area contributed by atoms with E-state index in [1.807, 2.05) is 6.92 Å². The summed E-state index contributed by atoms with van der Waals surface area (Å²) in [6.07, 6.45) is 4.04. The summed E-state index contributed by atoms with van der Waals surface area (Å²) in [5, 5.41) is 4.11. The fourth-order valence-electron chi connectivity index (χ4n) is 1.65. The van der Waals surface area contributed by atoms with Crippen LogP contribution in [0.5, 0.6) is 5.75 Å². The van der Waals surface area contributed by atoms with Crippen LogP contribution in [0, 0.1) is 5.92 Å². The molecule has 2 rings (SSSR count). The van der Waals surface area contributed by atoms with Gasteiger partial charge in [0.2, 0.25) is 0 Å². The van der Waals surface area contributed by atoms with Crippen molar-refractivity contribution in [2.24, 2.45) is 11.0 Å². The number of amides is 1. The first-order chi connectivity index (χ1) is 9.20. The third-order valence-corrected chi connectivity index (χ3v) is 2.99. The fourth-order valence-corrected chi connectivity index (χ4v) is 1.65. The second-order valence-electron chi connectivity index (χ2n) is 4.59. The molecule has 0 aromatic heterocycles. The minimum absolute atomic E-state index is 0.199. The molecule has 0 unspecified atom stereocenters. The van der Waals surface area contributed by atoms with Crippen molar-refractivity contribution in [2.75, 3.05) is 6.61 Å². The van der Waals surface area contributed by atoms with Crippen LogP contribution in [0.3, 0.4) is 0 Å². The summed E-state index contributed by atoms with van der Waals surface area (Å²) in [6, 6.07) is 6.96. The van der Waals surface area contributed by atoms with Crippen molar-refractivity contribution in [1.29, 1.82) is 0 Å². The van der Waals surface area contributed by atoms with Gasteiger partial charge in [0, 0.05) is 11.3 Å². The minimum atomic E-state index is -0.199. The van der Waals surface area contributed by atoms with Gasteiger partial charge in [-0.1, -0.05) is 12.7 Å². The predicted molar refractivity (Wildman–Crippen MR) is 75.4 cm³/mol. The third-order valence-electron chi connectivity index (χ3n) is 2.99. The van der Waals surface area contributed by atoms with Crippen LogP contribution in [0.2, 0.25) is 0 Å². The number of hydrazone groups is 1. The Kier molecular flexibility index (Phi) is 4.34. The van der Waals surface area contributed by atoms with Crippen molar-refractivity contribution < 1.29 is 9.53 Å². The number of hydrogen-bond donors (Lipinski definition) is 1. The molecule has 0 spiro atoms. The fraction of sp³-hybridized carbons (Fsp3) is 0.333. The van der Waals surface area contributed by atoms with E-state index < -0.39 is 0 Å². The van der Waals surface area contributed by atoms with Crippen LogP contribution >= 0.6 is 0 Å². The van der Waals surface area contributed by atoms with Crippen LogP contribution in [0.15, 0.2) is 42.0 Å². The molecule has 0 bridgehead atoms. The molecular formula is C15H18N2O2. The zero-order valence-electron chi connectivity index (χ0n) is 11.1. The van der Waals surface area contributed by atoms with E-state index >= 15 is 0 Å². The summed E-state index contributed by atoms with van der Waals surface area (Å²) < 4.78 is 5.35. The van der Waals surface area contributed by atoms with Gasteiger partial charge in [0.1, 0.15) is 12.4 Å². The highest BCUT2D eigenvalue weighted by atomic mass is 16.5. The highest BCUT2D eigenvalue weighted by Crippen LogP contribution is 2.30. The molecule has 0 heterocycles. The molecule has 1 aromatic rings. The van der Waals surface area contributed by atoms with Gasteiger partial charge in [0.25, 0.3) is 5.91 Å². The highest BCUT2D eigenvalue weighted by Gasteiger charge is 2.24. The smallest absolute Gasteiger partial charge is 0.271 e. The van der Waals surface area contributed by atoms with Crippen molar-refractivity contribution in [3.63, 3.8) is 0 Å². The van der Waals surface area contributed by atoms with E-state index in [1.165, 1.54) is 12.8 Å². The van der Waals surface area contributed by atoms with Gasteiger partial charge in [0.15, 0.2) is 0 Å². The Morgan fingerprint density at radius 3 is 2.74 bits per heavy atom. The normalized spacial score (nSPS) is 14.9. The van der Waals surface area contributed by atoms with Crippen molar-refractivity contribution in [3.8, 4) is 5.75 Å². The lowest BCUT2D eigenvalue weighted by atomic mass is 10.2. The van der Waals surface area contributed by atoms with E-state index in [4.69, 9.17) is 4.74 Å². The van der Waals surface area contributed by atoms with E-state index in [-0.39, 0.29) is 5.91 Å². The number of rotatable bonds is 6. The van der Waals surface area contributed by atoms with Gasteiger partial charge in [-0.2, -0.15) is 5.10 Å². The van der Waals surface area contributed by atoms with E-state index in [9.17, 15) is 4.79 Å². The summed E-state index contributed by atoms with van der Waals surface area (Å²) in [5.41, 5.74) is 4.14. The maximum Gasteiger partial charge on any atom is 0.271 e. The summed E-state index contributed by atoms with van der Waals surface area (Å²) in [6.45, 7) is 5.98. The van der Waals surface area contributed by atoms with Crippen LogP contribution in [0.25, 0.3) is 0 Å². The van der Waals surface area contributed by atoms with Crippen molar-refractivity contribution in [2.45, 2.75) is 19.8 Å². The van der Waals surface area contributed by atoms with Crippen molar-refractivity contribution in [1.82, 2.24) is 5.43 Å². The molecule has 1 aliphatic carbocycles. The van der Waals surface area contributed by atoms with E-state index in [2.05, 4.69) is 17.1 Å². The first-order valence-corrected chi connectivity index (χ1v) is 6.39. The molecule has 0 atom stereocenters. The Morgan fingerprint density at radius 2 is 2.16 bits per heavy atom. The quantitative estimate of drug-likeness (QED) is 0.484. The van der Waals surface area contributed by atoms with Gasteiger partial charge in [-0.05, 0) is 49.9 Å². The molecule has 1 amide bonds. The lowest BCUT2D eigenvalue weighted by molar-refractivity contribution is 0.0954. The van der Waals surface area contributed by atoms with Crippen LogP contribution in [-0.4, -0.2) is 18.2 Å². The van der Waals surface area contributed by atoms with Gasteiger partial charge in [0.05, 0.1) is 0 Å². The zero-order chi connectivity index (χ0) is 13.7. The number of nitrogens with one attached hydrogen (secondary N) is 1. The zero-order valence-corrected chi connectivity index (χ0v) is 11.1. The average molecular weight is 258 g/mol. The van der Waals surface area contributed by atoms with E-state index in [0.717, 1.165) is 5.71 Å². The van der Waals surface area contributed by atoms with Gasteiger partial charge >= 0.3 is 0 Å². The number of ether oxygens (including phenoxy) is 1. The van der Waals surface area contributed by atoms with Crippen LogP contribution in [0.1, 0.15) is 30.1 Å². The van der Waals surface area contributed by atoms with Crippen LogP contribution in [-0.2, 0) is 0 Å². The molecule has 0 aliphatic heterocycles. The van der Waals surface area contributed by atoms with E-state index in [1.54, 1.807) is 30.3 Å². The van der Waals surface area contributed by atoms with E-state index in [0.29, 0.717) is 23.8 Å². The maximum absolute atomic E-state index is 11.8. The van der Waals surface area contributed by atoms with Gasteiger partial charge in [-0.3, -0.25) is 4.79 Å². The number of nitrogens with zero attached hydrogens (tertiary/aromatic N) is 1. The summed E-state index contributed by atoms with van der Waals surface area (Å²) in [7, 11) is 0. The predicted octanol–water partition coefficient (Wildman–Crippen LogP) is 2.77. The Hall–Kier alpha value is -2.10. The van der Waals surface area contributed by atoms with Gasteiger partial charge in [-0.25, -0.2) is 5.43 Å². The molecule has 1 fully saturated rings. The third kappa shape index (κ3) is 3.95. The monoisotopic (exact) mass is 258 g/mol. The molecule has 0 saturated heterocycles. The summed E-state index contributed by atoms with van der Waals surface area (Å²) in [5.74, 6) is 1.08. The van der Waals surface area contributed by atoms with Crippen LogP contribution in [0.4, 0.5) is 0 Å². The number of benzene rings is 1. The molecule has 19 heavy (non-hydrogen) atoms. The molecule has 1 N–H and O–H groups in total. The second kappa shape index (κ2) is 6.18. The average Bonchev–Trinajstić information content (AvgIpc) is 3.27. The Balaban J connectivity index is 1.91. The maximum atomic E-state index is 11.8. The molecule has 1 aromatic carbocycles. The first kappa shape index (κ1) is 13.3. The number of carbonyl (C=O) groups is 1. The number of hydrogen-bond acceptors (Lipinski definition) is 3. The Labute approximate surface area is 113 Å². The van der Waals surface area contributed by atoms with Gasteiger partial charge < -0.3 is 4.74 Å². The van der Waals surface area contributed by atoms with Crippen molar-refractivity contribution >= 4 is 11.6 Å². The highest BCUT2D eigenvalue weighted by molar-refractivity contribution is 5.95. The SMILES string of the molecule is C=CCOc1ccc(C(=O)N/N=C(\C)C2CC2)cc1. The Morgan fingerprint density at radius 1 is 1.47 bits per heavy atom. The minimum Gasteiger partial charge on any atom is -0.490 e. The lowest BCUT2D eigenvalue weighted by Gasteiger charge is -2.05. The standard InChI is InChI=1S/C15H18N2O2/c1-3-10-19-14-8-6-13(7-9-14)15(18)17-16-11(2)12-4-5-12/h3,6-9,12H,1,4-5,10H2,2H3,(H,17,18)/b16-11+. The van der Waals surface area contributed by atoms with Crippen molar-refractivity contribution in [3.05, 3.63) is 42.5 Å². The molecule has 100 valence electrons. The molecule has 1 aliphatic rings. The molecule has 1 saturated carbocycles. The number of carbonyl (C=O) groups excluding carboxylic acids is 1. The second-order valence-corrected chi connectivity index (χ2v) is 4.59. The summed E-state index contributed by atoms with van der Waals surface area (Å²) >= 11 is 0. The molecular weight excluding hydrogens is 240 g/mol. The van der Waals surface area contributed by atoms with Crippen LogP contribution < -0.4 is 10.2 Å². The van der Waals surface area contributed by atoms with Gasteiger partial charge in [-0.15, -0.1) is 0 Å². The molecule has 0 radical (unpaired) electrons. The largest absolute Gasteiger partial charge is 0.490 e. The first-order valence-electron chi connectivity index (χ1n) is 6.39. The topological polar surface area (TPSA) is 50.7 Å². The lowest BCUT2D eigenvalue weighted by Crippen LogP contribution is -2.19.